The molecule has 1 amide bonds. The molecule has 0 fully saturated rings. The molecule has 0 aliphatic heterocycles. The van der Waals surface area contributed by atoms with Gasteiger partial charge in [0.25, 0.3) is 10.0 Å². The third-order valence-electron chi connectivity index (χ3n) is 3.61. The van der Waals surface area contributed by atoms with Gasteiger partial charge in [-0.25, -0.2) is 8.42 Å². The van der Waals surface area contributed by atoms with Gasteiger partial charge < -0.3 is 5.32 Å². The van der Waals surface area contributed by atoms with Crippen molar-refractivity contribution in [2.45, 2.75) is 31.6 Å². The second-order valence-corrected chi connectivity index (χ2v) is 7.99. The van der Waals surface area contributed by atoms with Crippen LogP contribution in [-0.4, -0.2) is 14.8 Å². The Morgan fingerprint density at radius 2 is 1.84 bits per heavy atom. The fourth-order valence-corrected chi connectivity index (χ4v) is 4.15. The number of aryl methyl sites for hydroxylation is 2. The maximum Gasteiger partial charge on any atom is 0.263 e. The van der Waals surface area contributed by atoms with E-state index in [9.17, 15) is 13.2 Å². The van der Waals surface area contributed by atoms with Crippen molar-refractivity contribution in [2.75, 3.05) is 10.0 Å². The molecule has 0 aliphatic carbocycles. The van der Waals surface area contributed by atoms with Crippen molar-refractivity contribution in [1.82, 2.24) is 0 Å². The Morgan fingerprint density at radius 1 is 1.12 bits per heavy atom. The number of nitrogens with one attached hydrogen (secondary N) is 2. The minimum Gasteiger partial charge on any atom is -0.328 e. The van der Waals surface area contributed by atoms with Gasteiger partial charge >= 0.3 is 0 Å². The highest BCUT2D eigenvalue weighted by Crippen LogP contribution is 2.31. The smallest absolute Gasteiger partial charge is 0.263 e. The lowest BCUT2D eigenvalue weighted by molar-refractivity contribution is -0.105. The molecule has 0 unspecified atom stereocenters. The molecule has 0 heterocycles. The standard InChI is InChI=1S/C17H18Cl2N2O3S/c1-3-4-12-7-15(19)17(9-16(12)20-10-22)25(23,24)21-13-6-5-11(2)14(18)8-13/h5-10,21H,3-4H2,1-2H3,(H,20,22). The molecule has 0 saturated carbocycles. The zero-order valence-electron chi connectivity index (χ0n) is 13.8. The second-order valence-electron chi connectivity index (χ2n) is 5.52. The lowest BCUT2D eigenvalue weighted by Gasteiger charge is -2.14. The average molecular weight is 401 g/mol. The zero-order valence-corrected chi connectivity index (χ0v) is 16.1. The van der Waals surface area contributed by atoms with Crippen LogP contribution in [-0.2, 0) is 21.2 Å². The summed E-state index contributed by atoms with van der Waals surface area (Å²) in [5, 5.41) is 3.07. The molecule has 2 N–H and O–H groups in total. The highest BCUT2D eigenvalue weighted by molar-refractivity contribution is 7.92. The first-order chi connectivity index (χ1) is 11.8. The molecule has 0 atom stereocenters. The molecule has 25 heavy (non-hydrogen) atoms. The minimum atomic E-state index is -3.94. The fraction of sp³-hybridized carbons (Fsp3) is 0.235. The van der Waals surface area contributed by atoms with E-state index in [2.05, 4.69) is 10.0 Å². The summed E-state index contributed by atoms with van der Waals surface area (Å²) in [7, 11) is -3.94. The van der Waals surface area contributed by atoms with Crippen LogP contribution in [0.5, 0.6) is 0 Å². The Labute approximate surface area is 157 Å². The second kappa shape index (κ2) is 8.08. The Morgan fingerprint density at radius 3 is 2.44 bits per heavy atom. The van der Waals surface area contributed by atoms with Gasteiger partial charge in [0.2, 0.25) is 6.41 Å². The number of sulfonamides is 1. The van der Waals surface area contributed by atoms with Crippen molar-refractivity contribution in [3.63, 3.8) is 0 Å². The third-order valence-corrected chi connectivity index (χ3v) is 5.86. The molecule has 5 nitrogen and oxygen atoms in total. The summed E-state index contributed by atoms with van der Waals surface area (Å²) in [6.45, 7) is 3.80. The monoisotopic (exact) mass is 400 g/mol. The molecule has 0 spiro atoms. The largest absolute Gasteiger partial charge is 0.328 e. The summed E-state index contributed by atoms with van der Waals surface area (Å²) in [5.74, 6) is 0. The van der Waals surface area contributed by atoms with Crippen molar-refractivity contribution in [1.29, 1.82) is 0 Å². The predicted molar refractivity (Wildman–Crippen MR) is 102 cm³/mol. The summed E-state index contributed by atoms with van der Waals surface area (Å²) in [5.41, 5.74) is 2.36. The van der Waals surface area contributed by atoms with E-state index in [-0.39, 0.29) is 9.92 Å². The van der Waals surface area contributed by atoms with E-state index in [1.165, 1.54) is 12.1 Å². The maximum absolute atomic E-state index is 12.7. The zero-order chi connectivity index (χ0) is 18.6. The van der Waals surface area contributed by atoms with Crippen LogP contribution in [0, 0.1) is 6.92 Å². The van der Waals surface area contributed by atoms with Crippen LogP contribution in [0.3, 0.4) is 0 Å². The van der Waals surface area contributed by atoms with Crippen LogP contribution >= 0.6 is 23.2 Å². The number of carbonyl (C=O) groups excluding carboxylic acids is 1. The molecule has 0 aromatic heterocycles. The van der Waals surface area contributed by atoms with E-state index in [0.717, 1.165) is 17.5 Å². The first-order valence-corrected chi connectivity index (χ1v) is 9.84. The van der Waals surface area contributed by atoms with E-state index in [1.807, 2.05) is 13.8 Å². The first kappa shape index (κ1) is 19.6. The summed E-state index contributed by atoms with van der Waals surface area (Å²) in [4.78, 5) is 10.7. The Hall–Kier alpha value is -1.76. The van der Waals surface area contributed by atoms with Gasteiger partial charge in [-0.3, -0.25) is 9.52 Å². The molecule has 0 aliphatic rings. The lowest BCUT2D eigenvalue weighted by atomic mass is 10.1. The van der Waals surface area contributed by atoms with E-state index in [4.69, 9.17) is 23.2 Å². The molecule has 2 aromatic rings. The molecule has 2 aromatic carbocycles. The Balaban J connectivity index is 2.45. The summed E-state index contributed by atoms with van der Waals surface area (Å²) in [6, 6.07) is 7.78. The Kier molecular flexibility index (Phi) is 6.32. The van der Waals surface area contributed by atoms with Crippen LogP contribution in [0.1, 0.15) is 24.5 Å². The minimum absolute atomic E-state index is 0.0885. The van der Waals surface area contributed by atoms with Gasteiger partial charge in [-0.15, -0.1) is 0 Å². The molecular formula is C17H18Cl2N2O3S. The fourth-order valence-electron chi connectivity index (χ4n) is 2.34. The van der Waals surface area contributed by atoms with E-state index in [0.29, 0.717) is 29.2 Å². The average Bonchev–Trinajstić information content (AvgIpc) is 2.53. The Bertz CT molecular complexity index is 899. The van der Waals surface area contributed by atoms with Crippen molar-refractivity contribution < 1.29 is 13.2 Å². The van der Waals surface area contributed by atoms with Crippen LogP contribution < -0.4 is 10.0 Å². The summed E-state index contributed by atoms with van der Waals surface area (Å²) < 4.78 is 27.8. The summed E-state index contributed by atoms with van der Waals surface area (Å²) in [6.07, 6.45) is 2.00. The van der Waals surface area contributed by atoms with Crippen molar-refractivity contribution in [3.8, 4) is 0 Å². The van der Waals surface area contributed by atoms with E-state index >= 15 is 0 Å². The van der Waals surface area contributed by atoms with Gasteiger partial charge in [0.1, 0.15) is 4.90 Å². The first-order valence-electron chi connectivity index (χ1n) is 7.60. The SMILES string of the molecule is CCCc1cc(Cl)c(S(=O)(=O)Nc2ccc(C)c(Cl)c2)cc1NC=O. The molecule has 8 heteroatoms. The molecule has 134 valence electrons. The number of rotatable bonds is 7. The lowest BCUT2D eigenvalue weighted by Crippen LogP contribution is -2.14. The molecule has 0 saturated heterocycles. The van der Waals surface area contributed by atoms with Gasteiger partial charge in [0.15, 0.2) is 0 Å². The van der Waals surface area contributed by atoms with Gasteiger partial charge in [-0.1, -0.05) is 42.6 Å². The molecule has 0 radical (unpaired) electrons. The number of hydrogen-bond acceptors (Lipinski definition) is 3. The molecular weight excluding hydrogens is 383 g/mol. The quantitative estimate of drug-likeness (QED) is 0.665. The van der Waals surface area contributed by atoms with Gasteiger partial charge in [-0.05, 0) is 48.7 Å². The number of amides is 1. The van der Waals surface area contributed by atoms with Crippen LogP contribution in [0.25, 0.3) is 0 Å². The molecule has 0 bridgehead atoms. The highest BCUT2D eigenvalue weighted by Gasteiger charge is 2.21. The predicted octanol–water partition coefficient (Wildman–Crippen LogP) is 4.62. The van der Waals surface area contributed by atoms with Gasteiger partial charge in [-0.2, -0.15) is 0 Å². The summed E-state index contributed by atoms with van der Waals surface area (Å²) >= 11 is 12.2. The van der Waals surface area contributed by atoms with E-state index < -0.39 is 10.0 Å². The van der Waals surface area contributed by atoms with Gasteiger partial charge in [0.05, 0.1) is 10.7 Å². The molecule has 2 rings (SSSR count). The number of hydrogen-bond donors (Lipinski definition) is 2. The number of anilines is 2. The third kappa shape index (κ3) is 4.66. The number of benzene rings is 2. The number of carbonyl (C=O) groups is 1. The normalized spacial score (nSPS) is 11.2. The van der Waals surface area contributed by atoms with Gasteiger partial charge in [0, 0.05) is 10.7 Å². The van der Waals surface area contributed by atoms with Crippen molar-refractivity contribution >= 4 is 51.0 Å². The van der Waals surface area contributed by atoms with E-state index in [1.54, 1.807) is 18.2 Å². The van der Waals surface area contributed by atoms with Crippen LogP contribution in [0.4, 0.5) is 11.4 Å². The highest BCUT2D eigenvalue weighted by atomic mass is 35.5. The van der Waals surface area contributed by atoms with Crippen molar-refractivity contribution in [2.24, 2.45) is 0 Å². The van der Waals surface area contributed by atoms with Crippen LogP contribution in [0.2, 0.25) is 10.0 Å². The maximum atomic E-state index is 12.7. The number of halogens is 2. The topological polar surface area (TPSA) is 75.3 Å². The van der Waals surface area contributed by atoms with Crippen molar-refractivity contribution in [3.05, 3.63) is 51.5 Å². The van der Waals surface area contributed by atoms with Crippen LogP contribution in [0.15, 0.2) is 35.2 Å².